The maximum Gasteiger partial charge on any atom is 0.433 e. The Bertz CT molecular complexity index is 784. The van der Waals surface area contributed by atoms with Gasteiger partial charge in [0.25, 0.3) is 5.91 Å². The SMILES string of the molecule is O=C(NC1[C@@H]2CC3C[C@H]1CC(O)(C3)C2)c1cnn(C2CCCCC2)c1C(F)(F)F. The van der Waals surface area contributed by atoms with Crippen molar-refractivity contribution in [2.75, 3.05) is 0 Å². The van der Waals surface area contributed by atoms with Crippen molar-refractivity contribution >= 4 is 5.91 Å². The van der Waals surface area contributed by atoms with Crippen molar-refractivity contribution in [1.82, 2.24) is 15.1 Å². The molecule has 3 unspecified atom stereocenters. The highest BCUT2D eigenvalue weighted by Crippen LogP contribution is 2.55. The van der Waals surface area contributed by atoms with Gasteiger partial charge in [-0.2, -0.15) is 18.3 Å². The predicted octanol–water partition coefficient (Wildman–Crippen LogP) is 4.08. The predicted molar refractivity (Wildman–Crippen MR) is 99.1 cm³/mol. The number of nitrogens with one attached hydrogen (secondary N) is 1. The number of hydrogen-bond acceptors (Lipinski definition) is 3. The van der Waals surface area contributed by atoms with E-state index in [1.54, 1.807) is 0 Å². The highest BCUT2D eigenvalue weighted by atomic mass is 19.4. The Hall–Kier alpha value is -1.57. The third kappa shape index (κ3) is 3.37. The van der Waals surface area contributed by atoms with Crippen molar-refractivity contribution in [3.8, 4) is 0 Å². The van der Waals surface area contributed by atoms with E-state index in [0.717, 1.165) is 49.4 Å². The first-order valence-electron chi connectivity index (χ1n) is 10.9. The van der Waals surface area contributed by atoms with Gasteiger partial charge in [0.2, 0.25) is 0 Å². The van der Waals surface area contributed by atoms with E-state index in [1.165, 1.54) is 0 Å². The Labute approximate surface area is 168 Å². The molecule has 29 heavy (non-hydrogen) atoms. The van der Waals surface area contributed by atoms with Crippen LogP contribution in [0.5, 0.6) is 0 Å². The van der Waals surface area contributed by atoms with E-state index >= 15 is 0 Å². The smallest absolute Gasteiger partial charge is 0.390 e. The van der Waals surface area contributed by atoms with Crippen LogP contribution in [0.25, 0.3) is 0 Å². The second-order valence-corrected chi connectivity index (χ2v) is 9.83. The molecular formula is C21H28F3N3O2. The van der Waals surface area contributed by atoms with Gasteiger partial charge in [-0.25, -0.2) is 0 Å². The molecule has 1 aromatic heterocycles. The van der Waals surface area contributed by atoms with Gasteiger partial charge in [-0.1, -0.05) is 19.3 Å². The van der Waals surface area contributed by atoms with Crippen LogP contribution in [0, 0.1) is 17.8 Å². The van der Waals surface area contributed by atoms with E-state index in [1.807, 2.05) is 0 Å². The van der Waals surface area contributed by atoms with Crippen LogP contribution < -0.4 is 5.32 Å². The third-order valence-electron chi connectivity index (χ3n) is 7.77. The zero-order valence-corrected chi connectivity index (χ0v) is 16.4. The number of alkyl halides is 3. The average molecular weight is 411 g/mol. The monoisotopic (exact) mass is 411 g/mol. The lowest BCUT2D eigenvalue weighted by atomic mass is 9.52. The molecule has 6 rings (SSSR count). The molecule has 0 aromatic carbocycles. The minimum absolute atomic E-state index is 0.151. The zero-order valence-electron chi connectivity index (χ0n) is 16.4. The number of carbonyl (C=O) groups is 1. The molecular weight excluding hydrogens is 383 g/mol. The van der Waals surface area contributed by atoms with Gasteiger partial charge in [0.15, 0.2) is 5.69 Å². The summed E-state index contributed by atoms with van der Waals surface area (Å²) in [6, 6.07) is -0.448. The summed E-state index contributed by atoms with van der Waals surface area (Å²) in [5.74, 6) is 0.102. The quantitative estimate of drug-likeness (QED) is 0.788. The standard InChI is InChI=1S/C21H28F3N3O2/c22-21(23,24)18-16(11-25-27(18)15-4-2-1-3-5-15)19(28)26-17-13-6-12-7-14(17)10-20(29,8-12)9-13/h11-15,17,29H,1-10H2,(H,26,28)/t12?,13-,14+,17?,20?. The molecule has 5 atom stereocenters. The molecule has 2 N–H and O–H groups in total. The molecule has 4 bridgehead atoms. The van der Waals surface area contributed by atoms with E-state index < -0.39 is 23.4 Å². The van der Waals surface area contributed by atoms with Gasteiger partial charge < -0.3 is 10.4 Å². The van der Waals surface area contributed by atoms with E-state index in [4.69, 9.17) is 0 Å². The summed E-state index contributed by atoms with van der Waals surface area (Å²) in [5.41, 5.74) is -1.92. The van der Waals surface area contributed by atoms with Crippen molar-refractivity contribution < 1.29 is 23.1 Å². The molecule has 1 heterocycles. The zero-order chi connectivity index (χ0) is 20.4. The number of carbonyl (C=O) groups excluding carboxylic acids is 1. The van der Waals surface area contributed by atoms with Crippen molar-refractivity contribution in [3.63, 3.8) is 0 Å². The molecule has 5 saturated carbocycles. The highest BCUT2D eigenvalue weighted by Gasteiger charge is 2.55. The second kappa shape index (κ2) is 6.72. The van der Waals surface area contributed by atoms with Gasteiger partial charge in [-0.3, -0.25) is 9.48 Å². The van der Waals surface area contributed by atoms with Crippen LogP contribution in [0.4, 0.5) is 13.2 Å². The van der Waals surface area contributed by atoms with Crippen molar-refractivity contribution in [2.45, 2.75) is 88.1 Å². The fourth-order valence-corrected chi connectivity index (χ4v) is 6.86. The Morgan fingerprint density at radius 2 is 1.79 bits per heavy atom. The number of hydrogen-bond donors (Lipinski definition) is 2. The lowest BCUT2D eigenvalue weighted by molar-refractivity contribution is -0.145. The molecule has 8 heteroatoms. The summed E-state index contributed by atoms with van der Waals surface area (Å²) in [7, 11) is 0. The van der Waals surface area contributed by atoms with Gasteiger partial charge in [-0.15, -0.1) is 0 Å². The summed E-state index contributed by atoms with van der Waals surface area (Å²) in [4.78, 5) is 13.0. The van der Waals surface area contributed by atoms with Crippen molar-refractivity contribution in [2.24, 2.45) is 17.8 Å². The number of rotatable bonds is 3. The van der Waals surface area contributed by atoms with E-state index in [0.29, 0.717) is 31.6 Å². The Balaban J connectivity index is 1.39. The Morgan fingerprint density at radius 1 is 1.14 bits per heavy atom. The molecule has 0 aliphatic heterocycles. The number of aliphatic hydroxyl groups is 1. The van der Waals surface area contributed by atoms with Crippen LogP contribution >= 0.6 is 0 Å². The first kappa shape index (κ1) is 19.4. The average Bonchev–Trinajstić information content (AvgIpc) is 3.10. The normalized spacial score (nSPS) is 37.1. The van der Waals surface area contributed by atoms with Gasteiger partial charge in [0.05, 0.1) is 23.4 Å². The number of amides is 1. The summed E-state index contributed by atoms with van der Waals surface area (Å²) < 4.78 is 42.8. The lowest BCUT2D eigenvalue weighted by Gasteiger charge is -2.58. The molecule has 0 spiro atoms. The molecule has 5 nitrogen and oxygen atoms in total. The molecule has 5 fully saturated rings. The first-order valence-corrected chi connectivity index (χ1v) is 10.9. The largest absolute Gasteiger partial charge is 0.433 e. The molecule has 5 aliphatic rings. The summed E-state index contributed by atoms with van der Waals surface area (Å²) in [6.45, 7) is 0. The Kier molecular flexibility index (Phi) is 4.50. The summed E-state index contributed by atoms with van der Waals surface area (Å²) in [5, 5.41) is 17.6. The van der Waals surface area contributed by atoms with Crippen LogP contribution in [0.1, 0.15) is 86.3 Å². The maximum atomic E-state index is 13.9. The van der Waals surface area contributed by atoms with E-state index in [2.05, 4.69) is 10.4 Å². The maximum absolute atomic E-state index is 13.9. The lowest BCUT2D eigenvalue weighted by Crippen LogP contribution is -2.61. The molecule has 160 valence electrons. The van der Waals surface area contributed by atoms with Gasteiger partial charge in [0, 0.05) is 6.04 Å². The second-order valence-electron chi connectivity index (χ2n) is 9.83. The van der Waals surface area contributed by atoms with Gasteiger partial charge in [0.1, 0.15) is 0 Å². The van der Waals surface area contributed by atoms with Crippen LogP contribution in [0.2, 0.25) is 0 Å². The summed E-state index contributed by atoms with van der Waals surface area (Å²) >= 11 is 0. The molecule has 0 saturated heterocycles. The minimum Gasteiger partial charge on any atom is -0.390 e. The van der Waals surface area contributed by atoms with E-state index in [-0.39, 0.29) is 29.5 Å². The number of aromatic nitrogens is 2. The van der Waals surface area contributed by atoms with Gasteiger partial charge in [-0.05, 0) is 62.7 Å². The van der Waals surface area contributed by atoms with Crippen molar-refractivity contribution in [1.29, 1.82) is 0 Å². The minimum atomic E-state index is -4.63. The van der Waals surface area contributed by atoms with Crippen molar-refractivity contribution in [3.05, 3.63) is 17.5 Å². The molecule has 1 amide bonds. The first-order chi connectivity index (χ1) is 13.7. The van der Waals surface area contributed by atoms with Crippen LogP contribution in [-0.4, -0.2) is 32.4 Å². The fraction of sp³-hybridized carbons (Fsp3) is 0.810. The van der Waals surface area contributed by atoms with Crippen LogP contribution in [0.3, 0.4) is 0 Å². The Morgan fingerprint density at radius 3 is 2.38 bits per heavy atom. The van der Waals surface area contributed by atoms with Crippen LogP contribution in [-0.2, 0) is 6.18 Å². The summed E-state index contributed by atoms with van der Waals surface area (Å²) in [6.07, 6.45) is 4.59. The fourth-order valence-electron chi connectivity index (χ4n) is 6.86. The van der Waals surface area contributed by atoms with E-state index in [9.17, 15) is 23.1 Å². The third-order valence-corrected chi connectivity index (χ3v) is 7.77. The molecule has 5 aliphatic carbocycles. The molecule has 1 aromatic rings. The highest BCUT2D eigenvalue weighted by molar-refractivity contribution is 5.95. The van der Waals surface area contributed by atoms with Gasteiger partial charge >= 0.3 is 6.18 Å². The number of halogens is 3. The van der Waals surface area contributed by atoms with Crippen LogP contribution in [0.15, 0.2) is 6.20 Å². The number of nitrogens with zero attached hydrogens (tertiary/aromatic N) is 2. The topological polar surface area (TPSA) is 67.2 Å². The molecule has 0 radical (unpaired) electrons.